The van der Waals surface area contributed by atoms with E-state index in [4.69, 9.17) is 9.15 Å². The summed E-state index contributed by atoms with van der Waals surface area (Å²) in [4.78, 5) is 12.4. The Morgan fingerprint density at radius 2 is 1.82 bits per heavy atom. The van der Waals surface area contributed by atoms with Crippen LogP contribution in [0.15, 0.2) is 52.1 Å². The topological polar surface area (TPSA) is 77.2 Å². The molecule has 3 aromatic rings. The summed E-state index contributed by atoms with van der Waals surface area (Å²) in [5.74, 6) is 1.21. The number of carbonyl (C=O) groups excluding carboxylic acids is 1. The van der Waals surface area contributed by atoms with Crippen LogP contribution in [0.1, 0.15) is 25.0 Å². The molecular weight excluding hydrogens is 374 g/mol. The fourth-order valence-electron chi connectivity index (χ4n) is 2.85. The maximum Gasteiger partial charge on any atom is 0.277 e. The van der Waals surface area contributed by atoms with E-state index in [1.165, 1.54) is 11.8 Å². The molecule has 0 saturated carbocycles. The molecule has 0 aliphatic rings. The van der Waals surface area contributed by atoms with Gasteiger partial charge in [0.1, 0.15) is 5.75 Å². The molecule has 28 heavy (non-hydrogen) atoms. The van der Waals surface area contributed by atoms with Crippen molar-refractivity contribution in [3.8, 4) is 17.2 Å². The van der Waals surface area contributed by atoms with E-state index < -0.39 is 0 Å². The number of hydrogen-bond donors (Lipinski definition) is 1. The quantitative estimate of drug-likeness (QED) is 0.560. The number of nitrogens with zero attached hydrogens (tertiary/aromatic N) is 2. The minimum atomic E-state index is -0.0956. The summed E-state index contributed by atoms with van der Waals surface area (Å²) in [6.45, 7) is 4.16. The molecule has 6 nitrogen and oxygen atoms in total. The van der Waals surface area contributed by atoms with Crippen molar-refractivity contribution in [3.05, 3.63) is 53.6 Å². The lowest BCUT2D eigenvalue weighted by molar-refractivity contribution is -0.113. The Kier molecular flexibility index (Phi) is 6.71. The van der Waals surface area contributed by atoms with E-state index in [0.717, 1.165) is 35.2 Å². The molecule has 0 radical (unpaired) electrons. The molecule has 2 aromatic carbocycles. The number of methoxy groups -OCH3 is 1. The number of carbonyl (C=O) groups is 1. The third kappa shape index (κ3) is 4.72. The molecule has 0 fully saturated rings. The number of anilines is 1. The Balaban J connectivity index is 1.64. The third-order valence-electron chi connectivity index (χ3n) is 4.31. The summed E-state index contributed by atoms with van der Waals surface area (Å²) in [6.07, 6.45) is 1.73. The van der Waals surface area contributed by atoms with E-state index in [1.807, 2.05) is 42.5 Å². The molecule has 0 unspecified atom stereocenters. The van der Waals surface area contributed by atoms with Crippen LogP contribution in [0.25, 0.3) is 11.5 Å². The zero-order chi connectivity index (χ0) is 19.9. The number of rotatable bonds is 8. The van der Waals surface area contributed by atoms with Gasteiger partial charge in [0.2, 0.25) is 11.8 Å². The van der Waals surface area contributed by atoms with E-state index in [0.29, 0.717) is 16.9 Å². The lowest BCUT2D eigenvalue weighted by Crippen LogP contribution is -2.16. The van der Waals surface area contributed by atoms with Gasteiger partial charge in [0.15, 0.2) is 0 Å². The maximum absolute atomic E-state index is 12.4. The lowest BCUT2D eigenvalue weighted by Gasteiger charge is -2.14. The molecule has 1 aromatic heterocycles. The number of hydrogen-bond acceptors (Lipinski definition) is 6. The number of benzene rings is 2. The van der Waals surface area contributed by atoms with Gasteiger partial charge in [0.05, 0.1) is 12.9 Å². The van der Waals surface area contributed by atoms with E-state index in [1.54, 1.807) is 7.11 Å². The van der Waals surface area contributed by atoms with E-state index >= 15 is 0 Å². The van der Waals surface area contributed by atoms with Crippen LogP contribution in [0.5, 0.6) is 5.75 Å². The minimum absolute atomic E-state index is 0.0956. The second-order valence-electron chi connectivity index (χ2n) is 6.10. The second kappa shape index (κ2) is 9.41. The molecule has 0 atom stereocenters. The average Bonchev–Trinajstić information content (AvgIpc) is 3.21. The number of para-hydroxylation sites is 1. The van der Waals surface area contributed by atoms with Crippen molar-refractivity contribution in [1.82, 2.24) is 10.2 Å². The summed E-state index contributed by atoms with van der Waals surface area (Å²) < 4.78 is 10.9. The highest BCUT2D eigenvalue weighted by Crippen LogP contribution is 2.27. The molecule has 0 aliphatic heterocycles. The zero-order valence-electron chi connectivity index (χ0n) is 16.2. The van der Waals surface area contributed by atoms with Crippen molar-refractivity contribution >= 4 is 23.4 Å². The van der Waals surface area contributed by atoms with Gasteiger partial charge in [-0.3, -0.25) is 4.79 Å². The summed E-state index contributed by atoms with van der Waals surface area (Å²) in [5, 5.41) is 11.5. The van der Waals surface area contributed by atoms with Gasteiger partial charge in [-0.1, -0.05) is 49.9 Å². The predicted octanol–water partition coefficient (Wildman–Crippen LogP) is 4.60. The molecule has 0 spiro atoms. The maximum atomic E-state index is 12.4. The molecule has 146 valence electrons. The smallest absolute Gasteiger partial charge is 0.277 e. The first-order valence-corrected chi connectivity index (χ1v) is 10.1. The van der Waals surface area contributed by atoms with Crippen LogP contribution in [-0.4, -0.2) is 29.0 Å². The molecule has 1 N–H and O–H groups in total. The monoisotopic (exact) mass is 397 g/mol. The summed E-state index contributed by atoms with van der Waals surface area (Å²) in [5.41, 5.74) is 3.96. The Hall–Kier alpha value is -2.80. The summed E-state index contributed by atoms with van der Waals surface area (Å²) in [6, 6.07) is 13.5. The average molecular weight is 398 g/mol. The van der Waals surface area contributed by atoms with E-state index in [-0.39, 0.29) is 11.7 Å². The molecule has 0 bridgehead atoms. The normalized spacial score (nSPS) is 10.7. The van der Waals surface area contributed by atoms with Crippen molar-refractivity contribution in [2.75, 3.05) is 18.2 Å². The molecule has 1 heterocycles. The lowest BCUT2D eigenvalue weighted by atomic mass is 10.0. The number of ether oxygens (including phenoxy) is 1. The van der Waals surface area contributed by atoms with Gasteiger partial charge < -0.3 is 14.5 Å². The van der Waals surface area contributed by atoms with Crippen LogP contribution < -0.4 is 10.1 Å². The van der Waals surface area contributed by atoms with Gasteiger partial charge in [-0.05, 0) is 42.2 Å². The van der Waals surface area contributed by atoms with Crippen LogP contribution in [0, 0.1) is 0 Å². The van der Waals surface area contributed by atoms with E-state index in [2.05, 4.69) is 29.4 Å². The summed E-state index contributed by atoms with van der Waals surface area (Å²) >= 11 is 1.22. The van der Waals surface area contributed by atoms with Gasteiger partial charge in [-0.25, -0.2) is 0 Å². The Morgan fingerprint density at radius 1 is 1.11 bits per heavy atom. The first-order valence-electron chi connectivity index (χ1n) is 9.16. The van der Waals surface area contributed by atoms with E-state index in [9.17, 15) is 4.79 Å². The minimum Gasteiger partial charge on any atom is -0.497 e. The molecular formula is C21H23N3O3S. The van der Waals surface area contributed by atoms with Crippen LogP contribution in [0.4, 0.5) is 5.69 Å². The molecule has 0 saturated heterocycles. The third-order valence-corrected chi connectivity index (χ3v) is 5.13. The molecule has 7 heteroatoms. The number of thioether (sulfide) groups is 1. The molecule has 0 aliphatic carbocycles. The Bertz CT molecular complexity index is 933. The Labute approximate surface area is 168 Å². The van der Waals surface area contributed by atoms with Gasteiger partial charge in [0.25, 0.3) is 5.22 Å². The van der Waals surface area contributed by atoms with Crippen LogP contribution in [-0.2, 0) is 17.6 Å². The second-order valence-corrected chi connectivity index (χ2v) is 7.03. The highest BCUT2D eigenvalue weighted by atomic mass is 32.2. The van der Waals surface area contributed by atoms with Crippen molar-refractivity contribution in [2.24, 2.45) is 0 Å². The first kappa shape index (κ1) is 19.9. The summed E-state index contributed by atoms with van der Waals surface area (Å²) in [7, 11) is 1.60. The zero-order valence-corrected chi connectivity index (χ0v) is 17.0. The number of aromatic nitrogens is 2. The van der Waals surface area contributed by atoms with Crippen molar-refractivity contribution in [1.29, 1.82) is 0 Å². The highest BCUT2D eigenvalue weighted by molar-refractivity contribution is 7.99. The van der Waals surface area contributed by atoms with Crippen molar-refractivity contribution in [2.45, 2.75) is 31.9 Å². The van der Waals surface area contributed by atoms with Crippen molar-refractivity contribution in [3.63, 3.8) is 0 Å². The van der Waals surface area contributed by atoms with Gasteiger partial charge in [0, 0.05) is 11.3 Å². The molecule has 1 amide bonds. The fourth-order valence-corrected chi connectivity index (χ4v) is 3.41. The Morgan fingerprint density at radius 3 is 2.50 bits per heavy atom. The highest BCUT2D eigenvalue weighted by Gasteiger charge is 2.14. The largest absolute Gasteiger partial charge is 0.497 e. The number of nitrogens with one attached hydrogen (secondary N) is 1. The number of amides is 1. The number of aryl methyl sites for hydroxylation is 2. The molecule has 3 rings (SSSR count). The standard InChI is InChI=1S/C21H23N3O3S/c1-4-14-8-6-9-15(5-2)19(14)22-18(25)13-28-21-24-23-20(27-21)16-10-7-11-17(12-16)26-3/h6-12H,4-5,13H2,1-3H3,(H,22,25). The van der Waals surface area contributed by atoms with Crippen LogP contribution in [0.2, 0.25) is 0 Å². The SMILES string of the molecule is CCc1cccc(CC)c1NC(=O)CSc1nnc(-c2cccc(OC)c2)o1. The first-order chi connectivity index (χ1) is 13.6. The van der Waals surface area contributed by atoms with Gasteiger partial charge >= 0.3 is 0 Å². The predicted molar refractivity (Wildman–Crippen MR) is 111 cm³/mol. The van der Waals surface area contributed by atoms with Gasteiger partial charge in [-0.2, -0.15) is 0 Å². The van der Waals surface area contributed by atoms with Gasteiger partial charge in [-0.15, -0.1) is 10.2 Å². The fraction of sp³-hybridized carbons (Fsp3) is 0.286. The van der Waals surface area contributed by atoms with Crippen molar-refractivity contribution < 1.29 is 13.9 Å². The van der Waals surface area contributed by atoms with Crippen LogP contribution >= 0.6 is 11.8 Å². The van der Waals surface area contributed by atoms with Crippen LogP contribution in [0.3, 0.4) is 0 Å².